The van der Waals surface area contributed by atoms with E-state index < -0.39 is 0 Å². The second-order valence-electron chi connectivity index (χ2n) is 4.73. The lowest BCUT2D eigenvalue weighted by atomic mass is 10.2. The number of benzene rings is 2. The molecule has 0 aliphatic heterocycles. The number of hydrogen-bond acceptors (Lipinski definition) is 4. The maximum Gasteiger partial charge on any atom is 0.325 e. The van der Waals surface area contributed by atoms with Gasteiger partial charge in [0, 0.05) is 11.3 Å². The summed E-state index contributed by atoms with van der Waals surface area (Å²) in [6, 6.07) is 17.0. The van der Waals surface area contributed by atoms with Gasteiger partial charge < -0.3 is 5.32 Å². The van der Waals surface area contributed by atoms with Crippen molar-refractivity contribution in [3.05, 3.63) is 60.2 Å². The Morgan fingerprint density at radius 3 is 2.59 bits per heavy atom. The largest absolute Gasteiger partial charge is 0.325 e. The van der Waals surface area contributed by atoms with Crippen LogP contribution in [0.15, 0.2) is 54.6 Å². The van der Waals surface area contributed by atoms with Crippen LogP contribution in [-0.2, 0) is 0 Å². The van der Waals surface area contributed by atoms with Gasteiger partial charge in [0.2, 0.25) is 5.13 Å². The van der Waals surface area contributed by atoms with Gasteiger partial charge in [0.05, 0.1) is 0 Å². The maximum atomic E-state index is 12.0. The van der Waals surface area contributed by atoms with Crippen molar-refractivity contribution in [1.29, 1.82) is 0 Å². The van der Waals surface area contributed by atoms with Crippen LogP contribution in [0.25, 0.3) is 10.6 Å². The van der Waals surface area contributed by atoms with Crippen molar-refractivity contribution in [3.8, 4) is 10.6 Å². The Kier molecular flexibility index (Phi) is 4.11. The van der Waals surface area contributed by atoms with Gasteiger partial charge in [-0.15, -0.1) is 10.2 Å². The molecule has 110 valence electrons. The fourth-order valence-corrected chi connectivity index (χ4v) is 2.70. The lowest BCUT2D eigenvalue weighted by Gasteiger charge is -2.05. The third-order valence-electron chi connectivity index (χ3n) is 2.94. The number of nitrogens with zero attached hydrogens (tertiary/aromatic N) is 2. The molecule has 0 bridgehead atoms. The van der Waals surface area contributed by atoms with E-state index >= 15 is 0 Å². The molecule has 1 aromatic heterocycles. The zero-order valence-electron chi connectivity index (χ0n) is 11.9. The average Bonchev–Trinajstić information content (AvgIpc) is 2.96. The van der Waals surface area contributed by atoms with E-state index in [0.29, 0.717) is 5.13 Å². The lowest BCUT2D eigenvalue weighted by molar-refractivity contribution is 0.262. The van der Waals surface area contributed by atoms with Crippen LogP contribution in [0.5, 0.6) is 0 Å². The summed E-state index contributed by atoms with van der Waals surface area (Å²) in [6.07, 6.45) is 0. The zero-order chi connectivity index (χ0) is 15.4. The first-order valence-corrected chi connectivity index (χ1v) is 7.56. The molecule has 0 aliphatic carbocycles. The first-order valence-electron chi connectivity index (χ1n) is 6.74. The minimum Gasteiger partial charge on any atom is -0.308 e. The molecule has 0 saturated heterocycles. The van der Waals surface area contributed by atoms with E-state index in [1.807, 2.05) is 61.5 Å². The molecule has 22 heavy (non-hydrogen) atoms. The van der Waals surface area contributed by atoms with Crippen LogP contribution in [0.2, 0.25) is 0 Å². The second kappa shape index (κ2) is 6.36. The Hall–Kier alpha value is -2.73. The van der Waals surface area contributed by atoms with Gasteiger partial charge >= 0.3 is 6.03 Å². The molecule has 3 rings (SSSR count). The Labute approximate surface area is 132 Å². The van der Waals surface area contributed by atoms with Crippen molar-refractivity contribution in [3.63, 3.8) is 0 Å². The van der Waals surface area contributed by atoms with Gasteiger partial charge in [0.25, 0.3) is 0 Å². The summed E-state index contributed by atoms with van der Waals surface area (Å²) in [6.45, 7) is 1.97. The van der Waals surface area contributed by atoms with Crippen LogP contribution in [0, 0.1) is 6.92 Å². The number of aryl methyl sites for hydroxylation is 1. The third kappa shape index (κ3) is 3.48. The van der Waals surface area contributed by atoms with Crippen LogP contribution in [0.1, 0.15) is 5.56 Å². The Balaban J connectivity index is 1.66. The Bertz CT molecular complexity index is 786. The SMILES string of the molecule is Cc1cccc(NC(=O)Nc2nnc(-c3ccccc3)s2)c1. The molecular weight excluding hydrogens is 296 g/mol. The van der Waals surface area contributed by atoms with E-state index in [9.17, 15) is 4.79 Å². The molecular formula is C16H14N4OS. The van der Waals surface area contributed by atoms with Crippen molar-refractivity contribution in [2.24, 2.45) is 0 Å². The van der Waals surface area contributed by atoms with Gasteiger partial charge in [0.15, 0.2) is 0 Å². The van der Waals surface area contributed by atoms with Crippen molar-refractivity contribution in [1.82, 2.24) is 10.2 Å². The molecule has 5 nitrogen and oxygen atoms in total. The monoisotopic (exact) mass is 310 g/mol. The highest BCUT2D eigenvalue weighted by molar-refractivity contribution is 7.18. The zero-order valence-corrected chi connectivity index (χ0v) is 12.7. The highest BCUT2D eigenvalue weighted by atomic mass is 32.1. The van der Waals surface area contributed by atoms with Gasteiger partial charge in [-0.2, -0.15) is 0 Å². The van der Waals surface area contributed by atoms with E-state index in [1.54, 1.807) is 0 Å². The van der Waals surface area contributed by atoms with E-state index in [4.69, 9.17) is 0 Å². The first kappa shape index (κ1) is 14.2. The molecule has 3 aromatic rings. The van der Waals surface area contributed by atoms with Gasteiger partial charge in [-0.25, -0.2) is 4.79 Å². The Morgan fingerprint density at radius 1 is 1.00 bits per heavy atom. The maximum absolute atomic E-state index is 12.0. The van der Waals surface area contributed by atoms with Gasteiger partial charge in [-0.05, 0) is 24.6 Å². The number of nitrogens with one attached hydrogen (secondary N) is 2. The minimum atomic E-state index is -0.332. The number of carbonyl (C=O) groups is 1. The van der Waals surface area contributed by atoms with Crippen LogP contribution in [-0.4, -0.2) is 16.2 Å². The molecule has 0 spiro atoms. The number of amides is 2. The molecule has 0 fully saturated rings. The number of anilines is 2. The van der Waals surface area contributed by atoms with Crippen LogP contribution in [0.3, 0.4) is 0 Å². The standard InChI is InChI=1S/C16H14N4OS/c1-11-6-5-9-13(10-11)17-15(21)18-16-20-19-14(22-16)12-7-3-2-4-8-12/h2-10H,1H3,(H2,17,18,20,21). The quantitative estimate of drug-likeness (QED) is 0.763. The number of urea groups is 1. The predicted octanol–water partition coefficient (Wildman–Crippen LogP) is 4.16. The molecule has 0 radical (unpaired) electrons. The van der Waals surface area contributed by atoms with Crippen molar-refractivity contribution < 1.29 is 4.79 Å². The fraction of sp³-hybridized carbons (Fsp3) is 0.0625. The van der Waals surface area contributed by atoms with Gasteiger partial charge in [0.1, 0.15) is 5.01 Å². The molecule has 0 aliphatic rings. The van der Waals surface area contributed by atoms with Gasteiger partial charge in [-0.3, -0.25) is 5.32 Å². The van der Waals surface area contributed by atoms with E-state index in [-0.39, 0.29) is 6.03 Å². The summed E-state index contributed by atoms with van der Waals surface area (Å²) in [7, 11) is 0. The summed E-state index contributed by atoms with van der Waals surface area (Å²) in [5, 5.41) is 14.8. The molecule has 1 heterocycles. The fourth-order valence-electron chi connectivity index (χ4n) is 1.95. The van der Waals surface area contributed by atoms with E-state index in [1.165, 1.54) is 11.3 Å². The molecule has 2 amide bonds. The second-order valence-corrected chi connectivity index (χ2v) is 5.70. The number of aromatic nitrogens is 2. The molecule has 6 heteroatoms. The smallest absolute Gasteiger partial charge is 0.308 e. The van der Waals surface area contributed by atoms with Crippen LogP contribution in [0.4, 0.5) is 15.6 Å². The van der Waals surface area contributed by atoms with Crippen molar-refractivity contribution in [2.75, 3.05) is 10.6 Å². The summed E-state index contributed by atoms with van der Waals surface area (Å²) in [4.78, 5) is 12.0. The van der Waals surface area contributed by atoms with Crippen LogP contribution >= 0.6 is 11.3 Å². The number of carbonyl (C=O) groups excluding carboxylic acids is 1. The van der Waals surface area contributed by atoms with Gasteiger partial charge in [-0.1, -0.05) is 53.8 Å². The van der Waals surface area contributed by atoms with E-state index in [2.05, 4.69) is 20.8 Å². The summed E-state index contributed by atoms with van der Waals surface area (Å²) in [5.41, 5.74) is 2.80. The lowest BCUT2D eigenvalue weighted by Crippen LogP contribution is -2.19. The molecule has 0 saturated carbocycles. The molecule has 2 N–H and O–H groups in total. The molecule has 0 atom stereocenters. The topological polar surface area (TPSA) is 66.9 Å². The predicted molar refractivity (Wildman–Crippen MR) is 89.2 cm³/mol. The summed E-state index contributed by atoms with van der Waals surface area (Å²) >= 11 is 1.33. The molecule has 0 unspecified atom stereocenters. The molecule has 2 aromatic carbocycles. The highest BCUT2D eigenvalue weighted by Gasteiger charge is 2.09. The van der Waals surface area contributed by atoms with Crippen LogP contribution < -0.4 is 10.6 Å². The number of rotatable bonds is 3. The summed E-state index contributed by atoms with van der Waals surface area (Å²) < 4.78 is 0. The minimum absolute atomic E-state index is 0.332. The van der Waals surface area contributed by atoms with Crippen molar-refractivity contribution >= 4 is 28.2 Å². The highest BCUT2D eigenvalue weighted by Crippen LogP contribution is 2.25. The Morgan fingerprint density at radius 2 is 1.82 bits per heavy atom. The summed E-state index contributed by atoms with van der Waals surface area (Å²) in [5.74, 6) is 0. The van der Waals surface area contributed by atoms with Crippen molar-refractivity contribution in [2.45, 2.75) is 6.92 Å². The third-order valence-corrected chi connectivity index (χ3v) is 3.83. The average molecular weight is 310 g/mol. The number of hydrogen-bond donors (Lipinski definition) is 2. The van der Waals surface area contributed by atoms with E-state index in [0.717, 1.165) is 21.8 Å². The first-order chi connectivity index (χ1) is 10.7. The normalized spacial score (nSPS) is 10.2.